The van der Waals surface area contributed by atoms with Crippen molar-refractivity contribution in [3.05, 3.63) is 30.5 Å². The zero-order chi connectivity index (χ0) is 12.4. The zero-order valence-corrected chi connectivity index (χ0v) is 10.1. The van der Waals surface area contributed by atoms with Crippen molar-refractivity contribution in [1.82, 2.24) is 5.16 Å². The summed E-state index contributed by atoms with van der Waals surface area (Å²) in [6, 6.07) is 7.91. The quantitative estimate of drug-likeness (QED) is 0.900. The van der Waals surface area contributed by atoms with Crippen LogP contribution in [-0.4, -0.2) is 11.3 Å². The Morgan fingerprint density at radius 3 is 2.83 bits per heavy atom. The summed E-state index contributed by atoms with van der Waals surface area (Å²) in [5.74, 6) is 1.23. The molecule has 1 aromatic heterocycles. The maximum atomic E-state index is 5.96. The fourth-order valence-electron chi connectivity index (χ4n) is 2.40. The molecule has 0 amide bonds. The lowest BCUT2D eigenvalue weighted by Gasteiger charge is -2.13. The molecule has 1 fully saturated rings. The molecule has 94 valence electrons. The summed E-state index contributed by atoms with van der Waals surface area (Å²) < 4.78 is 10.8. The van der Waals surface area contributed by atoms with E-state index in [2.05, 4.69) is 5.16 Å². The molecule has 1 aliphatic rings. The molecule has 1 aromatic carbocycles. The van der Waals surface area contributed by atoms with E-state index in [0.29, 0.717) is 12.0 Å². The highest BCUT2D eigenvalue weighted by atomic mass is 16.5. The zero-order valence-electron chi connectivity index (χ0n) is 10.1. The lowest BCUT2D eigenvalue weighted by atomic mass is 10.1. The van der Waals surface area contributed by atoms with Crippen molar-refractivity contribution in [2.45, 2.75) is 31.8 Å². The Morgan fingerprint density at radius 1 is 1.28 bits per heavy atom. The van der Waals surface area contributed by atoms with E-state index in [1.54, 1.807) is 6.20 Å². The predicted octanol–water partition coefficient (Wildman–Crippen LogP) is 3.25. The van der Waals surface area contributed by atoms with Crippen LogP contribution in [0.3, 0.4) is 0 Å². The summed E-state index contributed by atoms with van der Waals surface area (Å²) in [6.45, 7) is 0. The van der Waals surface area contributed by atoms with Gasteiger partial charge in [0.05, 0.1) is 17.9 Å². The van der Waals surface area contributed by atoms with Crippen molar-refractivity contribution in [2.75, 3.05) is 5.73 Å². The van der Waals surface area contributed by atoms with E-state index in [1.807, 2.05) is 24.3 Å². The van der Waals surface area contributed by atoms with Crippen molar-refractivity contribution in [2.24, 2.45) is 0 Å². The van der Waals surface area contributed by atoms with E-state index in [0.717, 1.165) is 29.7 Å². The van der Waals surface area contributed by atoms with Gasteiger partial charge in [0.15, 0.2) is 0 Å². The number of hydrogen-bond acceptors (Lipinski definition) is 4. The molecular formula is C14H16N2O2. The molecule has 3 rings (SSSR count). The Labute approximate surface area is 106 Å². The minimum absolute atomic E-state index is 0.341. The van der Waals surface area contributed by atoms with Crippen LogP contribution in [0.4, 0.5) is 5.88 Å². The van der Waals surface area contributed by atoms with Gasteiger partial charge in [-0.25, -0.2) is 0 Å². The highest BCUT2D eigenvalue weighted by Crippen LogP contribution is 2.30. The minimum Gasteiger partial charge on any atom is -0.490 e. The summed E-state index contributed by atoms with van der Waals surface area (Å²) in [4.78, 5) is 0. The van der Waals surface area contributed by atoms with Crippen molar-refractivity contribution in [1.29, 1.82) is 0 Å². The van der Waals surface area contributed by atoms with Crippen LogP contribution in [0.15, 0.2) is 35.0 Å². The number of anilines is 1. The number of rotatable bonds is 3. The van der Waals surface area contributed by atoms with Gasteiger partial charge in [0, 0.05) is 0 Å². The highest BCUT2D eigenvalue weighted by Gasteiger charge is 2.17. The largest absolute Gasteiger partial charge is 0.490 e. The molecule has 0 radical (unpaired) electrons. The monoisotopic (exact) mass is 244 g/mol. The first-order chi connectivity index (χ1) is 8.83. The molecule has 1 saturated carbocycles. The van der Waals surface area contributed by atoms with Crippen molar-refractivity contribution in [3.63, 3.8) is 0 Å². The Bertz CT molecular complexity index is 530. The van der Waals surface area contributed by atoms with E-state index < -0.39 is 0 Å². The van der Waals surface area contributed by atoms with Crippen LogP contribution < -0.4 is 10.5 Å². The Morgan fingerprint density at radius 2 is 2.11 bits per heavy atom. The molecule has 0 atom stereocenters. The summed E-state index contributed by atoms with van der Waals surface area (Å²) in [5, 5.41) is 3.69. The molecule has 0 unspecified atom stereocenters. The maximum Gasteiger partial charge on any atom is 0.229 e. The summed E-state index contributed by atoms with van der Waals surface area (Å²) in [5.41, 5.74) is 7.50. The van der Waals surface area contributed by atoms with Crippen molar-refractivity contribution >= 4 is 5.88 Å². The number of nitrogens with two attached hydrogens (primary N) is 1. The second kappa shape index (κ2) is 4.72. The molecule has 0 spiro atoms. The van der Waals surface area contributed by atoms with Crippen LogP contribution in [0.2, 0.25) is 0 Å². The van der Waals surface area contributed by atoms with Gasteiger partial charge >= 0.3 is 0 Å². The van der Waals surface area contributed by atoms with Crippen molar-refractivity contribution < 1.29 is 9.26 Å². The number of hydrogen-bond donors (Lipinski definition) is 1. The minimum atomic E-state index is 0.341. The van der Waals surface area contributed by atoms with Crippen LogP contribution in [0, 0.1) is 0 Å². The van der Waals surface area contributed by atoms with E-state index in [1.165, 1.54) is 12.8 Å². The molecule has 2 aromatic rings. The standard InChI is InChI=1S/C14H16N2O2/c15-14-13(9-16-18-14)10-4-3-7-12(8-10)17-11-5-1-2-6-11/h3-4,7-9,11H,1-2,5-6,15H2. The summed E-state index contributed by atoms with van der Waals surface area (Å²) in [7, 11) is 0. The SMILES string of the molecule is Nc1oncc1-c1cccc(OC2CCCC2)c1. The van der Waals surface area contributed by atoms with Gasteiger partial charge in [-0.2, -0.15) is 0 Å². The number of nitrogens with zero attached hydrogens (tertiary/aromatic N) is 1. The van der Waals surface area contributed by atoms with Gasteiger partial charge < -0.3 is 15.0 Å². The van der Waals surface area contributed by atoms with Gasteiger partial charge in [-0.05, 0) is 43.4 Å². The number of benzene rings is 1. The molecule has 0 bridgehead atoms. The number of nitrogen functional groups attached to an aromatic ring is 1. The van der Waals surface area contributed by atoms with E-state index >= 15 is 0 Å². The van der Waals surface area contributed by atoms with Crippen LogP contribution in [0.1, 0.15) is 25.7 Å². The second-order valence-electron chi connectivity index (χ2n) is 4.66. The summed E-state index contributed by atoms with van der Waals surface area (Å²) >= 11 is 0. The van der Waals surface area contributed by atoms with E-state index in [-0.39, 0.29) is 0 Å². The van der Waals surface area contributed by atoms with Gasteiger partial charge in [-0.15, -0.1) is 0 Å². The molecule has 4 nitrogen and oxygen atoms in total. The van der Waals surface area contributed by atoms with Gasteiger partial charge in [0.2, 0.25) is 5.88 Å². The van der Waals surface area contributed by atoms with Gasteiger partial charge in [0.25, 0.3) is 0 Å². The van der Waals surface area contributed by atoms with Crippen LogP contribution in [0.5, 0.6) is 5.75 Å². The van der Waals surface area contributed by atoms with Gasteiger partial charge in [-0.3, -0.25) is 0 Å². The fraction of sp³-hybridized carbons (Fsp3) is 0.357. The Kier molecular flexibility index (Phi) is 2.92. The Balaban J connectivity index is 1.82. The third kappa shape index (κ3) is 2.18. The normalized spacial score (nSPS) is 16.0. The van der Waals surface area contributed by atoms with E-state index in [4.69, 9.17) is 15.0 Å². The molecule has 0 saturated heterocycles. The lowest BCUT2D eigenvalue weighted by molar-refractivity contribution is 0.210. The lowest BCUT2D eigenvalue weighted by Crippen LogP contribution is -2.10. The van der Waals surface area contributed by atoms with E-state index in [9.17, 15) is 0 Å². The first-order valence-corrected chi connectivity index (χ1v) is 6.30. The van der Waals surface area contributed by atoms with Crippen LogP contribution >= 0.6 is 0 Å². The van der Waals surface area contributed by atoms with Crippen molar-refractivity contribution in [3.8, 4) is 16.9 Å². The maximum absolute atomic E-state index is 5.96. The molecule has 1 aliphatic carbocycles. The number of ether oxygens (including phenoxy) is 1. The van der Waals surface area contributed by atoms with Gasteiger partial charge in [-0.1, -0.05) is 17.3 Å². The molecule has 4 heteroatoms. The average Bonchev–Trinajstić information content (AvgIpc) is 3.01. The van der Waals surface area contributed by atoms with Crippen LogP contribution in [0.25, 0.3) is 11.1 Å². The smallest absolute Gasteiger partial charge is 0.229 e. The fourth-order valence-corrected chi connectivity index (χ4v) is 2.40. The second-order valence-corrected chi connectivity index (χ2v) is 4.66. The molecule has 18 heavy (non-hydrogen) atoms. The molecular weight excluding hydrogens is 228 g/mol. The average molecular weight is 244 g/mol. The van der Waals surface area contributed by atoms with Crippen LogP contribution in [-0.2, 0) is 0 Å². The van der Waals surface area contributed by atoms with Gasteiger partial charge in [0.1, 0.15) is 5.75 Å². The first-order valence-electron chi connectivity index (χ1n) is 6.30. The summed E-state index contributed by atoms with van der Waals surface area (Å²) in [6.07, 6.45) is 6.83. The third-order valence-corrected chi connectivity index (χ3v) is 3.35. The molecule has 2 N–H and O–H groups in total. The Hall–Kier alpha value is -1.97. The first kappa shape index (κ1) is 11.1. The topological polar surface area (TPSA) is 61.3 Å². The number of aromatic nitrogens is 1. The third-order valence-electron chi connectivity index (χ3n) is 3.35. The highest BCUT2D eigenvalue weighted by molar-refractivity contribution is 5.72. The molecule has 1 heterocycles. The predicted molar refractivity (Wildman–Crippen MR) is 69.2 cm³/mol. The molecule has 0 aliphatic heterocycles.